The molecule has 1 saturated heterocycles. The third kappa shape index (κ3) is 3.63. The first kappa shape index (κ1) is 12.7. The van der Waals surface area contributed by atoms with E-state index >= 15 is 0 Å². The van der Waals surface area contributed by atoms with Crippen LogP contribution in [0.5, 0.6) is 5.75 Å². The lowest BCUT2D eigenvalue weighted by Gasteiger charge is -2.08. The zero-order chi connectivity index (χ0) is 13.0. The molecule has 0 N–H and O–H groups in total. The van der Waals surface area contributed by atoms with Gasteiger partial charge in [-0.1, -0.05) is 18.2 Å². The van der Waals surface area contributed by atoms with E-state index in [-0.39, 0.29) is 24.5 Å². The Morgan fingerprint density at radius 1 is 1.28 bits per heavy atom. The highest BCUT2D eigenvalue weighted by molar-refractivity contribution is 7.87. The number of para-hydroxylation sites is 1. The smallest absolute Gasteiger partial charge is 0.430 e. The molecule has 1 unspecified atom stereocenters. The molecular formula is C11H12O6S. The number of cyclic esters (lactones) is 2. The number of rotatable bonds is 5. The van der Waals surface area contributed by atoms with Crippen molar-refractivity contribution in [1.82, 2.24) is 0 Å². The molecule has 7 heteroatoms. The molecule has 0 saturated carbocycles. The van der Waals surface area contributed by atoms with Crippen LogP contribution in [0.1, 0.15) is 6.42 Å². The Hall–Kier alpha value is -1.76. The summed E-state index contributed by atoms with van der Waals surface area (Å²) < 4.78 is 37.4. The van der Waals surface area contributed by atoms with E-state index in [1.54, 1.807) is 30.3 Å². The van der Waals surface area contributed by atoms with Gasteiger partial charge < -0.3 is 13.7 Å². The van der Waals surface area contributed by atoms with Gasteiger partial charge in [-0.2, -0.15) is 8.42 Å². The van der Waals surface area contributed by atoms with Crippen LogP contribution in [-0.4, -0.2) is 33.0 Å². The van der Waals surface area contributed by atoms with E-state index < -0.39 is 22.4 Å². The highest BCUT2D eigenvalue weighted by atomic mass is 32.2. The molecule has 0 spiro atoms. The number of ether oxygens (including phenoxy) is 2. The quantitative estimate of drug-likeness (QED) is 0.594. The Morgan fingerprint density at radius 2 is 2.00 bits per heavy atom. The van der Waals surface area contributed by atoms with Crippen LogP contribution >= 0.6 is 0 Å². The van der Waals surface area contributed by atoms with E-state index in [2.05, 4.69) is 4.74 Å². The SMILES string of the molecule is O=C1OCC(CCS(=O)(=O)Oc2ccccc2)O1. The minimum Gasteiger partial charge on any atom is -0.430 e. The molecule has 1 aliphatic rings. The van der Waals surface area contributed by atoms with Gasteiger partial charge in [-0.15, -0.1) is 0 Å². The predicted molar refractivity (Wildman–Crippen MR) is 61.7 cm³/mol. The maximum Gasteiger partial charge on any atom is 0.508 e. The molecule has 1 heterocycles. The average molecular weight is 272 g/mol. The van der Waals surface area contributed by atoms with Crippen LogP contribution in [0.3, 0.4) is 0 Å². The van der Waals surface area contributed by atoms with Gasteiger partial charge in [-0.25, -0.2) is 4.79 Å². The third-order valence-electron chi connectivity index (χ3n) is 2.31. The summed E-state index contributed by atoms with van der Waals surface area (Å²) in [7, 11) is -3.69. The number of hydrogen-bond donors (Lipinski definition) is 0. The molecule has 1 aromatic carbocycles. The molecule has 1 aromatic rings. The normalized spacial score (nSPS) is 19.1. The van der Waals surface area contributed by atoms with Gasteiger partial charge in [0.05, 0.1) is 5.75 Å². The van der Waals surface area contributed by atoms with Crippen molar-refractivity contribution in [1.29, 1.82) is 0 Å². The van der Waals surface area contributed by atoms with Crippen LogP contribution in [0.4, 0.5) is 4.79 Å². The van der Waals surface area contributed by atoms with Crippen LogP contribution in [0.15, 0.2) is 30.3 Å². The van der Waals surface area contributed by atoms with Crippen molar-refractivity contribution in [3.63, 3.8) is 0 Å². The number of carbonyl (C=O) groups excluding carboxylic acids is 1. The second kappa shape index (κ2) is 5.26. The molecule has 1 aliphatic heterocycles. The summed E-state index contributed by atoms with van der Waals surface area (Å²) in [6, 6.07) is 8.22. The lowest BCUT2D eigenvalue weighted by Crippen LogP contribution is -2.20. The maximum absolute atomic E-state index is 11.6. The molecule has 1 fully saturated rings. The molecule has 0 bridgehead atoms. The molecule has 0 amide bonds. The van der Waals surface area contributed by atoms with E-state index in [9.17, 15) is 13.2 Å². The van der Waals surface area contributed by atoms with E-state index in [0.717, 1.165) is 0 Å². The first-order chi connectivity index (χ1) is 8.55. The molecule has 0 aromatic heterocycles. The second-order valence-corrected chi connectivity index (χ2v) is 5.44. The summed E-state index contributed by atoms with van der Waals surface area (Å²) in [5, 5.41) is 0. The third-order valence-corrected chi connectivity index (χ3v) is 3.49. The number of hydrogen-bond acceptors (Lipinski definition) is 6. The summed E-state index contributed by atoms with van der Waals surface area (Å²) in [4.78, 5) is 10.6. The summed E-state index contributed by atoms with van der Waals surface area (Å²) >= 11 is 0. The Kier molecular flexibility index (Phi) is 3.71. The molecule has 18 heavy (non-hydrogen) atoms. The summed E-state index contributed by atoms with van der Waals surface area (Å²) in [6.07, 6.45) is -1.13. The Labute approximate surface area is 105 Å². The van der Waals surface area contributed by atoms with Crippen molar-refractivity contribution in [3.8, 4) is 5.75 Å². The first-order valence-electron chi connectivity index (χ1n) is 5.36. The van der Waals surface area contributed by atoms with Crippen LogP contribution in [0.2, 0.25) is 0 Å². The van der Waals surface area contributed by atoms with Crippen LogP contribution in [0, 0.1) is 0 Å². The van der Waals surface area contributed by atoms with Gasteiger partial charge in [0.15, 0.2) is 0 Å². The summed E-state index contributed by atoms with van der Waals surface area (Å²) in [5.41, 5.74) is 0. The highest BCUT2D eigenvalue weighted by Crippen LogP contribution is 2.15. The van der Waals surface area contributed by atoms with E-state index in [0.29, 0.717) is 0 Å². The van der Waals surface area contributed by atoms with Crippen molar-refractivity contribution in [2.24, 2.45) is 0 Å². The zero-order valence-electron chi connectivity index (χ0n) is 9.44. The van der Waals surface area contributed by atoms with Gasteiger partial charge in [0.1, 0.15) is 18.5 Å². The topological polar surface area (TPSA) is 78.9 Å². The molecule has 0 aliphatic carbocycles. The highest BCUT2D eigenvalue weighted by Gasteiger charge is 2.27. The number of carbonyl (C=O) groups is 1. The molecular weight excluding hydrogens is 260 g/mol. The van der Waals surface area contributed by atoms with Crippen molar-refractivity contribution in [2.45, 2.75) is 12.5 Å². The van der Waals surface area contributed by atoms with Gasteiger partial charge in [-0.05, 0) is 12.1 Å². The lowest BCUT2D eigenvalue weighted by molar-refractivity contribution is 0.117. The molecule has 1 atom stereocenters. The minimum absolute atomic E-state index is 0.0830. The van der Waals surface area contributed by atoms with Gasteiger partial charge in [-0.3, -0.25) is 0 Å². The Balaban J connectivity index is 1.86. The van der Waals surface area contributed by atoms with E-state index in [1.807, 2.05) is 0 Å². The Bertz CT molecular complexity index is 510. The van der Waals surface area contributed by atoms with Crippen LogP contribution in [0.25, 0.3) is 0 Å². The fraction of sp³-hybridized carbons (Fsp3) is 0.364. The fourth-order valence-electron chi connectivity index (χ4n) is 1.45. The Morgan fingerprint density at radius 3 is 2.61 bits per heavy atom. The molecule has 6 nitrogen and oxygen atoms in total. The van der Waals surface area contributed by atoms with Crippen molar-refractivity contribution >= 4 is 16.3 Å². The largest absolute Gasteiger partial charge is 0.508 e. The van der Waals surface area contributed by atoms with Gasteiger partial charge in [0, 0.05) is 6.42 Å². The van der Waals surface area contributed by atoms with Crippen LogP contribution < -0.4 is 4.18 Å². The van der Waals surface area contributed by atoms with Gasteiger partial charge in [0.2, 0.25) is 0 Å². The fourth-order valence-corrected chi connectivity index (χ4v) is 2.49. The molecule has 2 rings (SSSR count). The van der Waals surface area contributed by atoms with Crippen molar-refractivity contribution in [3.05, 3.63) is 30.3 Å². The standard InChI is InChI=1S/C11H12O6S/c12-11-15-8-10(16-11)6-7-18(13,14)17-9-4-2-1-3-5-9/h1-5,10H,6-8H2. The number of benzene rings is 1. The lowest BCUT2D eigenvalue weighted by atomic mass is 10.3. The maximum atomic E-state index is 11.6. The zero-order valence-corrected chi connectivity index (χ0v) is 10.3. The second-order valence-electron chi connectivity index (χ2n) is 3.75. The summed E-state index contributed by atoms with van der Waals surface area (Å²) in [5.74, 6) is 0.0283. The van der Waals surface area contributed by atoms with Crippen molar-refractivity contribution in [2.75, 3.05) is 12.4 Å². The summed E-state index contributed by atoms with van der Waals surface area (Å²) in [6.45, 7) is 0.0830. The van der Waals surface area contributed by atoms with Gasteiger partial charge >= 0.3 is 16.3 Å². The molecule has 98 valence electrons. The minimum atomic E-state index is -3.69. The average Bonchev–Trinajstić information content (AvgIpc) is 2.74. The van der Waals surface area contributed by atoms with E-state index in [4.69, 9.17) is 8.92 Å². The first-order valence-corrected chi connectivity index (χ1v) is 6.93. The molecule has 0 radical (unpaired) electrons. The monoisotopic (exact) mass is 272 g/mol. The van der Waals surface area contributed by atoms with Crippen molar-refractivity contribution < 1.29 is 26.9 Å². The van der Waals surface area contributed by atoms with Crippen LogP contribution in [-0.2, 0) is 19.6 Å². The van der Waals surface area contributed by atoms with E-state index in [1.165, 1.54) is 0 Å². The van der Waals surface area contributed by atoms with Gasteiger partial charge in [0.25, 0.3) is 0 Å². The predicted octanol–water partition coefficient (Wildman–Crippen LogP) is 1.32.